The standard InChI is InChI=1S/C20H26FN3O3/c1-13-11-14(21)4-5-16(13)18-12-15(6-8-24(18)20(26)27)23-10-9-22-7-2-3-17(22)19(23)25/h4-5,11,15,17-18H,2-3,6-10,12H2,1H3,(H,26,27)/t15-,17+,18-/m1/s1. The number of carboxylic acid groups (broad SMARTS) is 1. The fourth-order valence-corrected chi connectivity index (χ4v) is 5.04. The van der Waals surface area contributed by atoms with Crippen molar-refractivity contribution >= 4 is 12.0 Å². The van der Waals surface area contributed by atoms with Crippen LogP contribution in [-0.4, -0.2) is 70.1 Å². The van der Waals surface area contributed by atoms with Gasteiger partial charge in [0.25, 0.3) is 0 Å². The summed E-state index contributed by atoms with van der Waals surface area (Å²) in [4.78, 5) is 30.5. The Hall–Kier alpha value is -2.15. The van der Waals surface area contributed by atoms with Crippen molar-refractivity contribution in [3.8, 4) is 0 Å². The van der Waals surface area contributed by atoms with Gasteiger partial charge in [0.05, 0.1) is 12.1 Å². The first-order chi connectivity index (χ1) is 13.0. The Balaban J connectivity index is 1.58. The van der Waals surface area contributed by atoms with E-state index in [2.05, 4.69) is 4.90 Å². The second kappa shape index (κ2) is 7.11. The molecule has 1 aromatic carbocycles. The number of nitrogens with zero attached hydrogens (tertiary/aromatic N) is 3. The molecule has 3 atom stereocenters. The van der Waals surface area contributed by atoms with Gasteiger partial charge in [0, 0.05) is 25.7 Å². The molecule has 1 aromatic rings. The lowest BCUT2D eigenvalue weighted by molar-refractivity contribution is -0.144. The van der Waals surface area contributed by atoms with Gasteiger partial charge in [-0.3, -0.25) is 9.69 Å². The lowest BCUT2D eigenvalue weighted by atomic mass is 9.88. The van der Waals surface area contributed by atoms with E-state index in [9.17, 15) is 19.1 Å². The molecule has 3 aliphatic heterocycles. The van der Waals surface area contributed by atoms with Crippen molar-refractivity contribution in [2.75, 3.05) is 26.2 Å². The lowest BCUT2D eigenvalue weighted by Gasteiger charge is -2.46. The minimum Gasteiger partial charge on any atom is -0.465 e. The summed E-state index contributed by atoms with van der Waals surface area (Å²) in [5, 5.41) is 9.65. The fourth-order valence-electron chi connectivity index (χ4n) is 5.04. The molecule has 0 aliphatic carbocycles. The van der Waals surface area contributed by atoms with Crippen LogP contribution < -0.4 is 0 Å². The molecule has 0 bridgehead atoms. The average molecular weight is 375 g/mol. The van der Waals surface area contributed by atoms with Gasteiger partial charge in [-0.05, 0) is 62.4 Å². The Morgan fingerprint density at radius 3 is 2.70 bits per heavy atom. The van der Waals surface area contributed by atoms with Crippen LogP contribution >= 0.6 is 0 Å². The topological polar surface area (TPSA) is 64.1 Å². The number of hydrogen-bond acceptors (Lipinski definition) is 3. The number of carbonyl (C=O) groups excluding carboxylic acids is 1. The zero-order valence-corrected chi connectivity index (χ0v) is 15.6. The van der Waals surface area contributed by atoms with E-state index in [4.69, 9.17) is 0 Å². The molecule has 1 N–H and O–H groups in total. The number of piperidine rings is 1. The molecule has 3 heterocycles. The highest BCUT2D eigenvalue weighted by molar-refractivity contribution is 5.83. The van der Waals surface area contributed by atoms with E-state index >= 15 is 0 Å². The molecular weight excluding hydrogens is 349 g/mol. The van der Waals surface area contributed by atoms with Gasteiger partial charge >= 0.3 is 6.09 Å². The van der Waals surface area contributed by atoms with Crippen LogP contribution in [0.1, 0.15) is 42.9 Å². The van der Waals surface area contributed by atoms with Crippen LogP contribution in [0.4, 0.5) is 9.18 Å². The second-order valence-corrected chi connectivity index (χ2v) is 7.90. The van der Waals surface area contributed by atoms with Crippen LogP contribution in [-0.2, 0) is 4.79 Å². The number of aryl methyl sites for hydroxylation is 1. The third-order valence-electron chi connectivity index (χ3n) is 6.41. The van der Waals surface area contributed by atoms with Gasteiger partial charge in [-0.2, -0.15) is 0 Å². The summed E-state index contributed by atoms with van der Waals surface area (Å²) in [6.45, 7) is 4.81. The predicted molar refractivity (Wildman–Crippen MR) is 97.9 cm³/mol. The summed E-state index contributed by atoms with van der Waals surface area (Å²) in [6, 6.07) is 4.20. The Bertz CT molecular complexity index is 756. The Kier molecular flexibility index (Phi) is 4.80. The lowest BCUT2D eigenvalue weighted by Crippen LogP contribution is -2.59. The summed E-state index contributed by atoms with van der Waals surface area (Å²) in [5.41, 5.74) is 1.58. The molecular formula is C20H26FN3O3. The number of benzene rings is 1. The maximum absolute atomic E-state index is 13.5. The molecule has 0 aromatic heterocycles. The molecule has 7 heteroatoms. The number of fused-ring (bicyclic) bond motifs is 1. The van der Waals surface area contributed by atoms with Crippen LogP contribution in [0.3, 0.4) is 0 Å². The molecule has 0 radical (unpaired) electrons. The van der Waals surface area contributed by atoms with Gasteiger partial charge < -0.3 is 14.9 Å². The van der Waals surface area contributed by atoms with Gasteiger partial charge in [-0.1, -0.05) is 6.07 Å². The van der Waals surface area contributed by atoms with Crippen LogP contribution in [0.15, 0.2) is 18.2 Å². The quantitative estimate of drug-likeness (QED) is 0.863. The van der Waals surface area contributed by atoms with Gasteiger partial charge in [0.15, 0.2) is 0 Å². The van der Waals surface area contributed by atoms with Crippen molar-refractivity contribution < 1.29 is 19.1 Å². The molecule has 3 fully saturated rings. The summed E-state index contributed by atoms with van der Waals surface area (Å²) >= 11 is 0. The van der Waals surface area contributed by atoms with Gasteiger partial charge in [0.1, 0.15) is 5.82 Å². The molecule has 4 rings (SSSR count). The molecule has 3 aliphatic rings. The van der Waals surface area contributed by atoms with Crippen molar-refractivity contribution in [1.29, 1.82) is 0 Å². The van der Waals surface area contributed by atoms with Crippen molar-refractivity contribution in [3.05, 3.63) is 35.1 Å². The molecule has 0 spiro atoms. The minimum atomic E-state index is -0.964. The maximum atomic E-state index is 13.5. The van der Waals surface area contributed by atoms with Crippen LogP contribution in [0.5, 0.6) is 0 Å². The summed E-state index contributed by atoms with van der Waals surface area (Å²) in [7, 11) is 0. The summed E-state index contributed by atoms with van der Waals surface area (Å²) in [5.74, 6) is -0.125. The predicted octanol–water partition coefficient (Wildman–Crippen LogP) is 2.62. The number of piperazine rings is 1. The minimum absolute atomic E-state index is 0.00209. The van der Waals surface area contributed by atoms with Crippen molar-refractivity contribution in [1.82, 2.24) is 14.7 Å². The van der Waals surface area contributed by atoms with Crippen LogP contribution in [0.2, 0.25) is 0 Å². The largest absolute Gasteiger partial charge is 0.465 e. The number of likely N-dealkylation sites (tertiary alicyclic amines) is 1. The van der Waals surface area contributed by atoms with Crippen LogP contribution in [0.25, 0.3) is 0 Å². The molecule has 6 nitrogen and oxygen atoms in total. The zero-order valence-electron chi connectivity index (χ0n) is 15.6. The second-order valence-electron chi connectivity index (χ2n) is 7.90. The first-order valence-electron chi connectivity index (χ1n) is 9.76. The molecule has 0 unspecified atom stereocenters. The van der Waals surface area contributed by atoms with E-state index in [1.165, 1.54) is 17.0 Å². The smallest absolute Gasteiger partial charge is 0.407 e. The fraction of sp³-hybridized carbons (Fsp3) is 0.600. The van der Waals surface area contributed by atoms with E-state index in [1.807, 2.05) is 11.8 Å². The normalized spacial score (nSPS) is 29.1. The molecule has 3 saturated heterocycles. The molecule has 2 amide bonds. The highest BCUT2D eigenvalue weighted by Gasteiger charge is 2.43. The Morgan fingerprint density at radius 1 is 1.15 bits per heavy atom. The first kappa shape index (κ1) is 18.2. The maximum Gasteiger partial charge on any atom is 0.407 e. The van der Waals surface area contributed by atoms with Crippen LogP contribution in [0, 0.1) is 12.7 Å². The van der Waals surface area contributed by atoms with E-state index in [0.717, 1.165) is 37.1 Å². The van der Waals surface area contributed by atoms with E-state index in [-0.39, 0.29) is 29.8 Å². The third-order valence-corrected chi connectivity index (χ3v) is 6.41. The Labute approximate surface area is 158 Å². The monoisotopic (exact) mass is 375 g/mol. The summed E-state index contributed by atoms with van der Waals surface area (Å²) < 4.78 is 13.5. The molecule has 146 valence electrons. The van der Waals surface area contributed by atoms with Crippen molar-refractivity contribution in [2.24, 2.45) is 0 Å². The average Bonchev–Trinajstić information content (AvgIpc) is 3.11. The van der Waals surface area contributed by atoms with E-state index in [0.29, 0.717) is 25.9 Å². The highest BCUT2D eigenvalue weighted by Crippen LogP contribution is 2.36. The number of rotatable bonds is 2. The number of carbonyl (C=O) groups is 2. The van der Waals surface area contributed by atoms with Gasteiger partial charge in [-0.25, -0.2) is 9.18 Å². The third kappa shape index (κ3) is 3.29. The SMILES string of the molecule is Cc1cc(F)ccc1[C@H]1C[C@H](N2CCN3CCC[C@H]3C2=O)CCN1C(=O)O. The van der Waals surface area contributed by atoms with E-state index < -0.39 is 6.09 Å². The number of amides is 2. The molecule has 27 heavy (non-hydrogen) atoms. The number of hydrogen-bond donors (Lipinski definition) is 1. The van der Waals surface area contributed by atoms with Crippen molar-refractivity contribution in [3.63, 3.8) is 0 Å². The number of halogens is 1. The zero-order chi connectivity index (χ0) is 19.1. The highest BCUT2D eigenvalue weighted by atomic mass is 19.1. The summed E-state index contributed by atoms with van der Waals surface area (Å²) in [6.07, 6.45) is 2.25. The molecule has 0 saturated carbocycles. The van der Waals surface area contributed by atoms with Gasteiger partial charge in [0.2, 0.25) is 5.91 Å². The van der Waals surface area contributed by atoms with Crippen molar-refractivity contribution in [2.45, 2.75) is 50.7 Å². The Morgan fingerprint density at radius 2 is 1.96 bits per heavy atom. The van der Waals surface area contributed by atoms with Gasteiger partial charge in [-0.15, -0.1) is 0 Å². The van der Waals surface area contributed by atoms with E-state index in [1.54, 1.807) is 6.07 Å². The first-order valence-corrected chi connectivity index (χ1v) is 9.76.